The quantitative estimate of drug-likeness (QED) is 0.834. The number of hydrogen-bond donors (Lipinski definition) is 1. The molecular weight excluding hydrogens is 334 g/mol. The third-order valence-corrected chi connectivity index (χ3v) is 6.25. The van der Waals surface area contributed by atoms with Crippen molar-refractivity contribution >= 4 is 23.4 Å². The summed E-state index contributed by atoms with van der Waals surface area (Å²) in [6.45, 7) is 4.86. The zero-order valence-corrected chi connectivity index (χ0v) is 15.8. The number of imidazole rings is 1. The Hall–Kier alpha value is -1.79. The van der Waals surface area contributed by atoms with Crippen molar-refractivity contribution in [3.05, 3.63) is 41.7 Å². The number of anilines is 1. The SMILES string of the molecule is CC(C)[C@H](Sc1ncc(CO)n1C)C(=O)N1CCCc2ccccc21. The molecule has 0 aliphatic carbocycles. The van der Waals surface area contributed by atoms with Gasteiger partial charge in [0.15, 0.2) is 5.16 Å². The van der Waals surface area contributed by atoms with E-state index >= 15 is 0 Å². The van der Waals surface area contributed by atoms with Crippen LogP contribution in [0.2, 0.25) is 0 Å². The molecule has 0 saturated carbocycles. The van der Waals surface area contributed by atoms with Crippen LogP contribution < -0.4 is 4.90 Å². The fraction of sp³-hybridized carbons (Fsp3) is 0.474. The van der Waals surface area contributed by atoms with Gasteiger partial charge in [0.05, 0.1) is 23.7 Å². The first-order valence-electron chi connectivity index (χ1n) is 8.70. The van der Waals surface area contributed by atoms with Gasteiger partial charge < -0.3 is 14.6 Å². The molecule has 2 heterocycles. The van der Waals surface area contributed by atoms with Crippen LogP contribution in [0.15, 0.2) is 35.6 Å². The zero-order chi connectivity index (χ0) is 18.0. The first kappa shape index (κ1) is 18.0. The number of para-hydroxylation sites is 1. The largest absolute Gasteiger partial charge is 0.390 e. The number of thioether (sulfide) groups is 1. The number of amides is 1. The van der Waals surface area contributed by atoms with E-state index in [2.05, 4.69) is 24.9 Å². The molecule has 0 spiro atoms. The van der Waals surface area contributed by atoms with Gasteiger partial charge in [0.25, 0.3) is 0 Å². The van der Waals surface area contributed by atoms with Crippen LogP contribution in [0.4, 0.5) is 5.69 Å². The Morgan fingerprint density at radius 3 is 2.80 bits per heavy atom. The molecule has 1 aliphatic heterocycles. The monoisotopic (exact) mass is 359 g/mol. The van der Waals surface area contributed by atoms with Crippen molar-refractivity contribution in [1.29, 1.82) is 0 Å². The molecule has 2 aromatic rings. The second-order valence-corrected chi connectivity index (χ2v) is 7.86. The van der Waals surface area contributed by atoms with Gasteiger partial charge in [-0.2, -0.15) is 0 Å². The minimum Gasteiger partial charge on any atom is -0.390 e. The number of fused-ring (bicyclic) bond motifs is 1. The lowest BCUT2D eigenvalue weighted by Gasteiger charge is -2.33. The highest BCUT2D eigenvalue weighted by atomic mass is 32.2. The Morgan fingerprint density at radius 2 is 2.12 bits per heavy atom. The normalized spacial score (nSPS) is 15.3. The minimum atomic E-state index is -0.209. The number of benzene rings is 1. The van der Waals surface area contributed by atoms with Gasteiger partial charge in [0.2, 0.25) is 5.91 Å². The summed E-state index contributed by atoms with van der Waals surface area (Å²) in [5, 5.41) is 9.91. The summed E-state index contributed by atoms with van der Waals surface area (Å²) in [6, 6.07) is 8.18. The molecule has 1 aromatic heterocycles. The maximum absolute atomic E-state index is 13.3. The topological polar surface area (TPSA) is 58.4 Å². The molecule has 5 nitrogen and oxygen atoms in total. The van der Waals surface area contributed by atoms with E-state index in [1.807, 2.05) is 34.7 Å². The van der Waals surface area contributed by atoms with E-state index in [0.717, 1.165) is 35.9 Å². The molecule has 6 heteroatoms. The van der Waals surface area contributed by atoms with Crippen molar-refractivity contribution in [1.82, 2.24) is 9.55 Å². The van der Waals surface area contributed by atoms with Crippen LogP contribution in [0, 0.1) is 5.92 Å². The second-order valence-electron chi connectivity index (χ2n) is 6.75. The lowest BCUT2D eigenvalue weighted by molar-refractivity contribution is -0.118. The average molecular weight is 359 g/mol. The lowest BCUT2D eigenvalue weighted by atomic mass is 10.0. The summed E-state index contributed by atoms with van der Waals surface area (Å²) in [5.74, 6) is 0.321. The molecule has 0 bridgehead atoms. The van der Waals surface area contributed by atoms with E-state index in [1.54, 1.807) is 6.20 Å². The highest BCUT2D eigenvalue weighted by Gasteiger charge is 2.32. The van der Waals surface area contributed by atoms with E-state index < -0.39 is 0 Å². The molecule has 1 amide bonds. The Kier molecular flexibility index (Phi) is 5.49. The molecular formula is C19H25N3O2S. The standard InChI is InChI=1S/C19H25N3O2S/c1-13(2)17(25-19-20-11-15(12-23)21(19)3)18(24)22-10-6-8-14-7-4-5-9-16(14)22/h4-5,7,9,11,13,17,23H,6,8,10,12H2,1-3H3/t17-/m0/s1. The van der Waals surface area contributed by atoms with E-state index in [0.29, 0.717) is 0 Å². The molecule has 1 N–H and O–H groups in total. The zero-order valence-electron chi connectivity index (χ0n) is 15.0. The first-order chi connectivity index (χ1) is 12.0. The van der Waals surface area contributed by atoms with Crippen molar-refractivity contribution in [2.75, 3.05) is 11.4 Å². The Balaban J connectivity index is 1.86. The van der Waals surface area contributed by atoms with Gasteiger partial charge in [-0.05, 0) is 30.4 Å². The van der Waals surface area contributed by atoms with E-state index in [4.69, 9.17) is 0 Å². The van der Waals surface area contributed by atoms with Crippen molar-refractivity contribution in [3.8, 4) is 0 Å². The van der Waals surface area contributed by atoms with Gasteiger partial charge in [-0.25, -0.2) is 4.98 Å². The molecule has 1 atom stereocenters. The van der Waals surface area contributed by atoms with Crippen molar-refractivity contribution in [3.63, 3.8) is 0 Å². The number of aromatic nitrogens is 2. The molecule has 0 fully saturated rings. The number of aryl methyl sites for hydroxylation is 1. The number of carbonyl (C=O) groups excluding carboxylic acids is 1. The Morgan fingerprint density at radius 1 is 1.36 bits per heavy atom. The number of nitrogens with zero attached hydrogens (tertiary/aromatic N) is 3. The van der Waals surface area contributed by atoms with Crippen LogP contribution in [-0.4, -0.2) is 32.4 Å². The Bertz CT molecular complexity index is 757. The summed E-state index contributed by atoms with van der Waals surface area (Å²) in [5.41, 5.74) is 3.04. The van der Waals surface area contributed by atoms with E-state index in [1.165, 1.54) is 17.3 Å². The number of hydrogen-bond acceptors (Lipinski definition) is 4. The third kappa shape index (κ3) is 3.60. The highest BCUT2D eigenvalue weighted by Crippen LogP contribution is 2.33. The van der Waals surface area contributed by atoms with E-state index in [-0.39, 0.29) is 23.7 Å². The summed E-state index contributed by atoms with van der Waals surface area (Å²) < 4.78 is 1.86. The molecule has 0 saturated heterocycles. The van der Waals surface area contributed by atoms with Gasteiger partial charge in [-0.3, -0.25) is 4.79 Å². The van der Waals surface area contributed by atoms with Crippen LogP contribution in [0.3, 0.4) is 0 Å². The van der Waals surface area contributed by atoms with Crippen LogP contribution in [0.1, 0.15) is 31.5 Å². The fourth-order valence-electron chi connectivity index (χ4n) is 3.18. The Labute approximate surface area is 153 Å². The number of rotatable bonds is 5. The van der Waals surface area contributed by atoms with Crippen molar-refractivity contribution in [2.45, 2.75) is 43.7 Å². The maximum atomic E-state index is 13.3. The van der Waals surface area contributed by atoms with Crippen molar-refractivity contribution in [2.24, 2.45) is 13.0 Å². The highest BCUT2D eigenvalue weighted by molar-refractivity contribution is 8.00. The number of aliphatic hydroxyl groups excluding tert-OH is 1. The van der Waals surface area contributed by atoms with Crippen LogP contribution >= 0.6 is 11.8 Å². The predicted molar refractivity (Wildman–Crippen MR) is 101 cm³/mol. The lowest BCUT2D eigenvalue weighted by Crippen LogP contribution is -2.43. The number of carbonyl (C=O) groups is 1. The summed E-state index contributed by atoms with van der Waals surface area (Å²) in [6.07, 6.45) is 3.69. The summed E-state index contributed by atoms with van der Waals surface area (Å²) in [7, 11) is 1.87. The molecule has 3 rings (SSSR count). The van der Waals surface area contributed by atoms with Gasteiger partial charge in [0.1, 0.15) is 0 Å². The molecule has 1 aromatic carbocycles. The summed E-state index contributed by atoms with van der Waals surface area (Å²) >= 11 is 1.49. The van der Waals surface area contributed by atoms with Gasteiger partial charge in [-0.1, -0.05) is 43.8 Å². The molecule has 0 unspecified atom stereocenters. The predicted octanol–water partition coefficient (Wildman–Crippen LogP) is 3.01. The first-order valence-corrected chi connectivity index (χ1v) is 9.58. The minimum absolute atomic E-state index is 0.0517. The summed E-state index contributed by atoms with van der Waals surface area (Å²) in [4.78, 5) is 19.6. The smallest absolute Gasteiger partial charge is 0.240 e. The second kappa shape index (κ2) is 7.62. The van der Waals surface area contributed by atoms with Crippen LogP contribution in [0.25, 0.3) is 0 Å². The maximum Gasteiger partial charge on any atom is 0.240 e. The third-order valence-electron chi connectivity index (χ3n) is 4.66. The molecule has 134 valence electrons. The number of aliphatic hydroxyl groups is 1. The average Bonchev–Trinajstić information content (AvgIpc) is 2.98. The van der Waals surface area contributed by atoms with Crippen LogP contribution in [0.5, 0.6) is 0 Å². The van der Waals surface area contributed by atoms with Crippen LogP contribution in [-0.2, 0) is 24.9 Å². The van der Waals surface area contributed by atoms with E-state index in [9.17, 15) is 9.90 Å². The molecule has 25 heavy (non-hydrogen) atoms. The fourth-order valence-corrected chi connectivity index (χ4v) is 4.30. The van der Waals surface area contributed by atoms with Gasteiger partial charge in [0, 0.05) is 19.3 Å². The van der Waals surface area contributed by atoms with Gasteiger partial charge >= 0.3 is 0 Å². The molecule has 1 aliphatic rings. The van der Waals surface area contributed by atoms with Crippen molar-refractivity contribution < 1.29 is 9.90 Å². The molecule has 0 radical (unpaired) electrons. The van der Waals surface area contributed by atoms with Gasteiger partial charge in [-0.15, -0.1) is 0 Å².